The van der Waals surface area contributed by atoms with E-state index in [1.165, 1.54) is 18.2 Å². The van der Waals surface area contributed by atoms with E-state index in [4.69, 9.17) is 16.0 Å². The van der Waals surface area contributed by atoms with Gasteiger partial charge in [-0.25, -0.2) is 22.8 Å². The number of aliphatic hydroxyl groups is 1. The minimum absolute atomic E-state index is 0.0240. The van der Waals surface area contributed by atoms with E-state index < -0.39 is 28.9 Å². The molecular weight excluding hydrogens is 607 g/mol. The molecule has 0 bridgehead atoms. The summed E-state index contributed by atoms with van der Waals surface area (Å²) in [6.45, 7) is 1.37. The molecule has 0 aliphatic rings. The predicted octanol–water partition coefficient (Wildman–Crippen LogP) is 7.08. The maximum atomic E-state index is 15.1. The van der Waals surface area contributed by atoms with E-state index >= 15 is 4.39 Å². The number of alkyl halides is 2. The van der Waals surface area contributed by atoms with E-state index in [2.05, 4.69) is 14.7 Å². The molecule has 0 atom stereocenters. The van der Waals surface area contributed by atoms with Crippen molar-refractivity contribution in [1.29, 1.82) is 0 Å². The Balaban J connectivity index is 1.78. The molecule has 1 N–H and O–H groups in total. The zero-order valence-electron chi connectivity index (χ0n) is 23.3. The van der Waals surface area contributed by atoms with Gasteiger partial charge < -0.3 is 18.8 Å². The van der Waals surface area contributed by atoms with Crippen molar-refractivity contribution in [3.8, 4) is 45.1 Å². The van der Waals surface area contributed by atoms with E-state index in [9.17, 15) is 22.3 Å². The van der Waals surface area contributed by atoms with Crippen LogP contribution in [0.5, 0.6) is 5.75 Å². The molecule has 2 heterocycles. The van der Waals surface area contributed by atoms with Crippen molar-refractivity contribution in [2.24, 2.45) is 0 Å². The maximum Gasteiger partial charge on any atom is 0.387 e. The number of sulfone groups is 1. The minimum Gasteiger partial charge on any atom is -0.440 e. The molecule has 0 aliphatic carbocycles. The Hall–Kier alpha value is -4.13. The molecule has 0 saturated heterocycles. The summed E-state index contributed by atoms with van der Waals surface area (Å²) in [6, 6.07) is 11.9. The molecule has 0 aliphatic heterocycles. The van der Waals surface area contributed by atoms with E-state index in [0.717, 1.165) is 18.0 Å². The zero-order valence-corrected chi connectivity index (χ0v) is 24.9. The second-order valence-electron chi connectivity index (χ2n) is 9.83. The van der Waals surface area contributed by atoms with E-state index in [1.54, 1.807) is 31.2 Å². The lowest BCUT2D eigenvalue weighted by Gasteiger charge is -2.15. The number of ether oxygens (including phenoxy) is 1. The summed E-state index contributed by atoms with van der Waals surface area (Å²) < 4.78 is 78.4. The SMILES string of the molecule is Cc1cn(-c2ccc(-c3cc(F)c(CO)c(S(C)(=O)=O)c3)cc2-c2nc(C)oc2-c2ccc(Cl)c(OC(F)F)c2)c(C)n1. The van der Waals surface area contributed by atoms with Crippen molar-refractivity contribution in [2.75, 3.05) is 6.26 Å². The normalized spacial score (nSPS) is 11.9. The summed E-state index contributed by atoms with van der Waals surface area (Å²) in [5.74, 6) is 0.0172. The van der Waals surface area contributed by atoms with Crippen molar-refractivity contribution >= 4 is 21.4 Å². The molecule has 43 heavy (non-hydrogen) atoms. The number of hydrogen-bond acceptors (Lipinski definition) is 7. The second-order valence-corrected chi connectivity index (χ2v) is 12.2. The number of halogens is 4. The van der Waals surface area contributed by atoms with Crippen LogP contribution in [0.15, 0.2) is 64.0 Å². The standard InChI is InChI=1S/C30H25ClF3N3O5S/c1-15-13-37(16(2)35-15)25-8-6-18(20-10-24(32)22(14-38)27(12-20)43(4,39)40)9-21(25)28-29(41-17(3)36-28)19-5-7-23(31)26(11-19)42-30(33)34/h5-13,30,38H,14H2,1-4H3. The lowest BCUT2D eigenvalue weighted by Crippen LogP contribution is -2.06. The molecule has 0 radical (unpaired) electrons. The molecule has 0 unspecified atom stereocenters. The minimum atomic E-state index is -3.89. The number of hydrogen-bond donors (Lipinski definition) is 1. The molecule has 13 heteroatoms. The van der Waals surface area contributed by atoms with Gasteiger partial charge in [0.2, 0.25) is 0 Å². The third kappa shape index (κ3) is 6.03. The van der Waals surface area contributed by atoms with E-state index in [1.807, 2.05) is 24.6 Å². The van der Waals surface area contributed by atoms with Crippen LogP contribution in [0.25, 0.3) is 39.4 Å². The number of aliphatic hydroxyl groups excluding tert-OH is 1. The molecule has 0 spiro atoms. The number of imidazole rings is 1. The number of oxazole rings is 1. The first kappa shape index (κ1) is 30.3. The molecule has 2 aromatic heterocycles. The number of rotatable bonds is 8. The van der Waals surface area contributed by atoms with Crippen molar-refractivity contribution in [3.63, 3.8) is 0 Å². The highest BCUT2D eigenvalue weighted by Crippen LogP contribution is 2.41. The van der Waals surface area contributed by atoms with Crippen LogP contribution in [0.4, 0.5) is 13.2 Å². The first-order valence-corrected chi connectivity index (χ1v) is 15.1. The van der Waals surface area contributed by atoms with Gasteiger partial charge in [0.05, 0.1) is 27.9 Å². The van der Waals surface area contributed by atoms with Gasteiger partial charge in [0.15, 0.2) is 21.5 Å². The van der Waals surface area contributed by atoms with Gasteiger partial charge >= 0.3 is 6.61 Å². The van der Waals surface area contributed by atoms with Crippen LogP contribution < -0.4 is 4.74 Å². The Morgan fingerprint density at radius 1 is 1.02 bits per heavy atom. The molecule has 3 aromatic carbocycles. The van der Waals surface area contributed by atoms with Crippen LogP contribution in [0.1, 0.15) is 23.0 Å². The van der Waals surface area contributed by atoms with Gasteiger partial charge in [-0.15, -0.1) is 0 Å². The first-order chi connectivity index (χ1) is 20.3. The van der Waals surface area contributed by atoms with Gasteiger partial charge in [-0.05, 0) is 67.4 Å². The van der Waals surface area contributed by atoms with Crippen molar-refractivity contribution < 1.29 is 35.8 Å². The Morgan fingerprint density at radius 3 is 2.37 bits per heavy atom. The van der Waals surface area contributed by atoms with Gasteiger partial charge in [0.1, 0.15) is 23.1 Å². The Labute approximate surface area is 250 Å². The smallest absolute Gasteiger partial charge is 0.387 e. The summed E-state index contributed by atoms with van der Waals surface area (Å²) >= 11 is 6.08. The van der Waals surface area contributed by atoms with Crippen LogP contribution in [0.2, 0.25) is 5.02 Å². The van der Waals surface area contributed by atoms with Crippen molar-refractivity contribution in [2.45, 2.75) is 38.9 Å². The Morgan fingerprint density at radius 2 is 1.74 bits per heavy atom. The third-order valence-electron chi connectivity index (χ3n) is 6.70. The highest BCUT2D eigenvalue weighted by atomic mass is 35.5. The Kier molecular flexibility index (Phi) is 8.12. The number of nitrogens with zero attached hydrogens (tertiary/aromatic N) is 3. The Bertz CT molecular complexity index is 1970. The van der Waals surface area contributed by atoms with Crippen molar-refractivity contribution in [3.05, 3.63) is 88.5 Å². The molecule has 224 valence electrons. The highest BCUT2D eigenvalue weighted by Gasteiger charge is 2.24. The summed E-state index contributed by atoms with van der Waals surface area (Å²) in [6.07, 6.45) is 2.75. The van der Waals surface area contributed by atoms with Gasteiger partial charge in [0.25, 0.3) is 0 Å². The van der Waals surface area contributed by atoms with Crippen molar-refractivity contribution in [1.82, 2.24) is 14.5 Å². The largest absolute Gasteiger partial charge is 0.440 e. The lowest BCUT2D eigenvalue weighted by atomic mass is 9.97. The summed E-state index contributed by atoms with van der Waals surface area (Å²) in [5.41, 5.74) is 2.87. The van der Waals surface area contributed by atoms with Gasteiger partial charge in [0, 0.05) is 36.1 Å². The predicted molar refractivity (Wildman–Crippen MR) is 155 cm³/mol. The quantitative estimate of drug-likeness (QED) is 0.195. The molecule has 0 amide bonds. The van der Waals surface area contributed by atoms with Gasteiger partial charge in [-0.2, -0.15) is 8.78 Å². The average molecular weight is 632 g/mol. The summed E-state index contributed by atoms with van der Waals surface area (Å²) in [4.78, 5) is 8.76. The fourth-order valence-electron chi connectivity index (χ4n) is 4.88. The number of benzene rings is 3. The fraction of sp³-hybridized carbons (Fsp3) is 0.200. The molecular formula is C30H25ClF3N3O5S. The molecule has 5 rings (SSSR count). The average Bonchev–Trinajstić information content (AvgIpc) is 3.48. The molecule has 5 aromatic rings. The summed E-state index contributed by atoms with van der Waals surface area (Å²) in [5, 5.41) is 9.62. The number of aromatic nitrogens is 3. The van der Waals surface area contributed by atoms with E-state index in [-0.39, 0.29) is 38.4 Å². The van der Waals surface area contributed by atoms with Crippen LogP contribution in [-0.4, -0.2) is 40.9 Å². The molecule has 0 saturated carbocycles. The topological polar surface area (TPSA) is 107 Å². The molecule has 8 nitrogen and oxygen atoms in total. The third-order valence-corrected chi connectivity index (χ3v) is 8.18. The van der Waals surface area contributed by atoms with Gasteiger partial charge in [-0.1, -0.05) is 17.7 Å². The molecule has 0 fully saturated rings. The maximum absolute atomic E-state index is 15.1. The van der Waals surface area contributed by atoms with Crippen LogP contribution >= 0.6 is 11.6 Å². The summed E-state index contributed by atoms with van der Waals surface area (Å²) in [7, 11) is -3.89. The van der Waals surface area contributed by atoms with Crippen LogP contribution in [-0.2, 0) is 16.4 Å². The monoisotopic (exact) mass is 631 g/mol. The van der Waals surface area contributed by atoms with Gasteiger partial charge in [-0.3, -0.25) is 0 Å². The lowest BCUT2D eigenvalue weighted by molar-refractivity contribution is -0.0497. The first-order valence-electron chi connectivity index (χ1n) is 12.8. The van der Waals surface area contributed by atoms with E-state index in [0.29, 0.717) is 33.9 Å². The van der Waals surface area contributed by atoms with Crippen LogP contribution in [0.3, 0.4) is 0 Å². The highest BCUT2D eigenvalue weighted by molar-refractivity contribution is 7.90. The number of aryl methyl sites for hydroxylation is 3. The second kappa shape index (κ2) is 11.5. The van der Waals surface area contributed by atoms with Crippen LogP contribution in [0, 0.1) is 26.6 Å². The fourth-order valence-corrected chi connectivity index (χ4v) is 5.99. The zero-order chi connectivity index (χ0) is 31.2.